The summed E-state index contributed by atoms with van der Waals surface area (Å²) in [5.41, 5.74) is 8.14. The van der Waals surface area contributed by atoms with Gasteiger partial charge in [-0.2, -0.15) is 0 Å². The fraction of sp³-hybridized carbons (Fsp3) is 0.435. The van der Waals surface area contributed by atoms with Gasteiger partial charge >= 0.3 is 0 Å². The first-order chi connectivity index (χ1) is 16.7. The zero-order valence-corrected chi connectivity index (χ0v) is 21.0. The average molecular weight is 506 g/mol. The van der Waals surface area contributed by atoms with Gasteiger partial charge in [-0.15, -0.1) is 5.10 Å². The van der Waals surface area contributed by atoms with Gasteiger partial charge in [0.25, 0.3) is 5.91 Å². The molecule has 0 bridgehead atoms. The van der Waals surface area contributed by atoms with Crippen molar-refractivity contribution >= 4 is 22.7 Å². The number of carbonyl (C=O) groups is 1. The molecule has 12 heteroatoms. The predicted octanol–water partition coefficient (Wildman–Crippen LogP) is 1.27. The third-order valence-corrected chi connectivity index (χ3v) is 6.74. The topological polar surface area (TPSA) is 139 Å². The lowest BCUT2D eigenvalue weighted by Gasteiger charge is -2.32. The van der Waals surface area contributed by atoms with E-state index in [9.17, 15) is 13.4 Å². The Labute approximate surface area is 207 Å². The van der Waals surface area contributed by atoms with E-state index < -0.39 is 22.7 Å². The SMILES string of the molecule is COc1cc(CNC(=O)c2cc(/C(N)=N/N(N)CC3CCCN(S(C)=O)C3)cc(C)n2)ccc1F. The van der Waals surface area contributed by atoms with E-state index in [-0.39, 0.29) is 29.7 Å². The molecule has 1 amide bonds. The number of aryl methyl sites for hydroxylation is 1. The number of methoxy groups -OCH3 is 1. The zero-order chi connectivity index (χ0) is 25.5. The second kappa shape index (κ2) is 12.0. The summed E-state index contributed by atoms with van der Waals surface area (Å²) in [5.74, 6) is 5.68. The van der Waals surface area contributed by atoms with Gasteiger partial charge in [0.2, 0.25) is 0 Å². The second-order valence-electron chi connectivity index (χ2n) is 8.46. The number of hydrazone groups is 1. The number of pyridine rings is 1. The van der Waals surface area contributed by atoms with Gasteiger partial charge in [0, 0.05) is 37.1 Å². The number of aromatic nitrogens is 1. The van der Waals surface area contributed by atoms with Gasteiger partial charge in [0.05, 0.1) is 24.6 Å². The van der Waals surface area contributed by atoms with Gasteiger partial charge in [-0.25, -0.2) is 28.8 Å². The fourth-order valence-corrected chi connectivity index (χ4v) is 4.74. The third kappa shape index (κ3) is 7.44. The standard InChI is InChI=1S/C23H32FN7O3S/c1-15-9-18(22(25)29-31(26)14-17-5-4-8-30(13-17)35(3)33)11-20(28-15)23(32)27-12-16-6-7-19(24)21(10-16)34-2/h6-7,9-11,17H,4-5,8,12-14,26H2,1-3H3,(H2,25,29)(H,27,32). The summed E-state index contributed by atoms with van der Waals surface area (Å²) in [7, 11) is 0.370. The van der Waals surface area contributed by atoms with E-state index in [1.54, 1.807) is 31.4 Å². The number of carbonyl (C=O) groups excluding carboxylic acids is 1. The smallest absolute Gasteiger partial charge is 0.270 e. The molecule has 1 aliphatic heterocycles. The van der Waals surface area contributed by atoms with Gasteiger partial charge in [-0.1, -0.05) is 6.07 Å². The van der Waals surface area contributed by atoms with Crippen molar-refractivity contribution in [3.8, 4) is 5.75 Å². The third-order valence-electron chi connectivity index (χ3n) is 5.68. The van der Waals surface area contributed by atoms with Crippen LogP contribution in [0.5, 0.6) is 5.75 Å². The largest absolute Gasteiger partial charge is 0.494 e. The molecule has 0 aliphatic carbocycles. The van der Waals surface area contributed by atoms with Crippen LogP contribution in [-0.4, -0.2) is 63.4 Å². The lowest BCUT2D eigenvalue weighted by molar-refractivity contribution is 0.0945. The van der Waals surface area contributed by atoms with Crippen LogP contribution in [0.4, 0.5) is 4.39 Å². The van der Waals surface area contributed by atoms with Gasteiger partial charge in [-0.05, 0) is 55.5 Å². The number of amides is 1. The molecule has 10 nitrogen and oxygen atoms in total. The summed E-state index contributed by atoms with van der Waals surface area (Å²) in [5, 5.41) is 8.33. The number of nitrogens with zero attached hydrogens (tertiary/aromatic N) is 4. The Morgan fingerprint density at radius 3 is 2.89 bits per heavy atom. The summed E-state index contributed by atoms with van der Waals surface area (Å²) in [6, 6.07) is 7.64. The van der Waals surface area contributed by atoms with Gasteiger partial charge in [0.15, 0.2) is 17.4 Å². The molecule has 2 unspecified atom stereocenters. The summed E-state index contributed by atoms with van der Waals surface area (Å²) < 4.78 is 32.3. The highest BCUT2D eigenvalue weighted by Crippen LogP contribution is 2.19. The summed E-state index contributed by atoms with van der Waals surface area (Å²) >= 11 is 0. The van der Waals surface area contributed by atoms with Gasteiger partial charge < -0.3 is 15.8 Å². The van der Waals surface area contributed by atoms with Crippen molar-refractivity contribution in [2.24, 2.45) is 22.6 Å². The van der Waals surface area contributed by atoms with E-state index in [1.807, 2.05) is 4.31 Å². The second-order valence-corrected chi connectivity index (χ2v) is 9.83. The van der Waals surface area contributed by atoms with Crippen LogP contribution in [-0.2, 0) is 17.5 Å². The molecule has 0 saturated carbocycles. The maximum absolute atomic E-state index is 13.6. The Morgan fingerprint density at radius 2 is 2.17 bits per heavy atom. The van der Waals surface area contributed by atoms with E-state index in [0.717, 1.165) is 19.4 Å². The molecule has 2 atom stereocenters. The Kier molecular flexibility index (Phi) is 9.13. The average Bonchev–Trinajstić information content (AvgIpc) is 2.82. The van der Waals surface area contributed by atoms with Crippen LogP contribution >= 0.6 is 0 Å². The van der Waals surface area contributed by atoms with Crippen molar-refractivity contribution in [2.45, 2.75) is 26.3 Å². The monoisotopic (exact) mass is 505 g/mol. The minimum Gasteiger partial charge on any atom is -0.494 e. The molecule has 1 aliphatic rings. The summed E-state index contributed by atoms with van der Waals surface area (Å²) in [6.07, 6.45) is 3.59. The first-order valence-corrected chi connectivity index (χ1v) is 12.7. The number of nitrogens with two attached hydrogens (primary N) is 2. The number of benzene rings is 1. The van der Waals surface area contributed by atoms with E-state index >= 15 is 0 Å². The number of ether oxygens (including phenoxy) is 1. The van der Waals surface area contributed by atoms with Crippen LogP contribution in [0.3, 0.4) is 0 Å². The molecule has 1 aromatic heterocycles. The van der Waals surface area contributed by atoms with Gasteiger partial charge in [-0.3, -0.25) is 4.79 Å². The Hall–Kier alpha value is -3.09. The minimum absolute atomic E-state index is 0.104. The van der Waals surface area contributed by atoms with Crippen molar-refractivity contribution in [3.63, 3.8) is 0 Å². The molecule has 0 spiro atoms. The van der Waals surface area contributed by atoms with E-state index in [4.69, 9.17) is 16.3 Å². The number of nitrogens with one attached hydrogen (secondary N) is 1. The first-order valence-electron chi connectivity index (χ1n) is 11.2. The summed E-state index contributed by atoms with van der Waals surface area (Å²) in [6.45, 7) is 3.88. The Bertz CT molecular complexity index is 1110. The van der Waals surface area contributed by atoms with Crippen molar-refractivity contribution in [1.82, 2.24) is 19.7 Å². The molecule has 2 heterocycles. The van der Waals surface area contributed by atoms with Crippen LogP contribution in [0.2, 0.25) is 0 Å². The maximum Gasteiger partial charge on any atom is 0.270 e. The quantitative estimate of drug-likeness (QED) is 0.202. The van der Waals surface area contributed by atoms with E-state index in [0.29, 0.717) is 29.9 Å². The van der Waals surface area contributed by atoms with Crippen molar-refractivity contribution < 1.29 is 18.1 Å². The number of rotatable bonds is 9. The summed E-state index contributed by atoms with van der Waals surface area (Å²) in [4.78, 5) is 17.0. The lowest BCUT2D eigenvalue weighted by atomic mass is 10.00. The van der Waals surface area contributed by atoms with E-state index in [1.165, 1.54) is 24.4 Å². The predicted molar refractivity (Wildman–Crippen MR) is 133 cm³/mol. The molecule has 2 aromatic rings. The number of piperidine rings is 1. The molecule has 35 heavy (non-hydrogen) atoms. The van der Waals surface area contributed by atoms with Crippen LogP contribution < -0.4 is 21.6 Å². The zero-order valence-electron chi connectivity index (χ0n) is 20.2. The molecular formula is C23H32FN7O3S. The Morgan fingerprint density at radius 1 is 1.40 bits per heavy atom. The van der Waals surface area contributed by atoms with Crippen molar-refractivity contribution in [1.29, 1.82) is 0 Å². The molecule has 190 valence electrons. The minimum atomic E-state index is -1.01. The lowest BCUT2D eigenvalue weighted by Crippen LogP contribution is -2.42. The highest BCUT2D eigenvalue weighted by atomic mass is 32.2. The van der Waals surface area contributed by atoms with Crippen LogP contribution in [0, 0.1) is 18.7 Å². The van der Waals surface area contributed by atoms with Crippen molar-refractivity contribution in [3.05, 3.63) is 58.7 Å². The number of halogens is 1. The molecule has 1 fully saturated rings. The highest BCUT2D eigenvalue weighted by molar-refractivity contribution is 7.81. The molecule has 1 saturated heterocycles. The van der Waals surface area contributed by atoms with Gasteiger partial charge in [0.1, 0.15) is 5.69 Å². The Balaban J connectivity index is 1.65. The highest BCUT2D eigenvalue weighted by Gasteiger charge is 2.23. The molecule has 0 radical (unpaired) electrons. The van der Waals surface area contributed by atoms with Crippen molar-refractivity contribution in [2.75, 3.05) is 33.0 Å². The first kappa shape index (κ1) is 26.5. The fourth-order valence-electron chi connectivity index (χ4n) is 3.93. The van der Waals surface area contributed by atoms with Crippen LogP contribution in [0.25, 0.3) is 0 Å². The normalized spacial score (nSPS) is 17.6. The maximum atomic E-state index is 13.6. The molecule has 1 aromatic carbocycles. The van der Waals surface area contributed by atoms with Crippen LogP contribution in [0.15, 0.2) is 35.4 Å². The number of amidine groups is 1. The van der Waals surface area contributed by atoms with Crippen LogP contribution in [0.1, 0.15) is 40.2 Å². The number of hydrogen-bond acceptors (Lipinski definition) is 7. The van der Waals surface area contributed by atoms with E-state index in [2.05, 4.69) is 15.4 Å². The molecular weight excluding hydrogens is 473 g/mol. The molecule has 3 rings (SSSR count). The number of hydrogen-bond donors (Lipinski definition) is 3. The molecule has 5 N–H and O–H groups in total. The number of hydrazine groups is 1.